The standard InChI is InChI=1S/C13H15N3O/c17-9-13(6-12-8-14-10-16-12)15-7-11-4-2-1-3-5-11/h1-5,8-10,13,15H,6-7H2,(H,14,16)/t13-/m0/s1. The molecule has 0 spiro atoms. The number of imidazole rings is 1. The summed E-state index contributed by atoms with van der Waals surface area (Å²) in [6.45, 7) is 0.693. The van der Waals surface area contributed by atoms with Crippen molar-refractivity contribution in [3.05, 3.63) is 54.1 Å². The third-order valence-electron chi connectivity index (χ3n) is 2.57. The molecule has 0 aliphatic heterocycles. The largest absolute Gasteiger partial charge is 0.348 e. The Morgan fingerprint density at radius 2 is 2.18 bits per heavy atom. The fourth-order valence-electron chi connectivity index (χ4n) is 1.65. The van der Waals surface area contributed by atoms with Gasteiger partial charge in [0.15, 0.2) is 0 Å². The topological polar surface area (TPSA) is 57.8 Å². The van der Waals surface area contributed by atoms with E-state index >= 15 is 0 Å². The summed E-state index contributed by atoms with van der Waals surface area (Å²) in [6.07, 6.45) is 4.93. The van der Waals surface area contributed by atoms with Crippen LogP contribution in [-0.2, 0) is 17.8 Å². The molecule has 88 valence electrons. The first kappa shape index (κ1) is 11.5. The van der Waals surface area contributed by atoms with Gasteiger partial charge in [0, 0.05) is 24.9 Å². The molecule has 0 saturated heterocycles. The fourth-order valence-corrected chi connectivity index (χ4v) is 1.65. The van der Waals surface area contributed by atoms with E-state index in [1.165, 1.54) is 5.56 Å². The molecule has 17 heavy (non-hydrogen) atoms. The van der Waals surface area contributed by atoms with Gasteiger partial charge in [0.05, 0.1) is 12.4 Å². The Balaban J connectivity index is 1.86. The van der Waals surface area contributed by atoms with E-state index in [4.69, 9.17) is 0 Å². The van der Waals surface area contributed by atoms with Crippen LogP contribution in [0.15, 0.2) is 42.9 Å². The van der Waals surface area contributed by atoms with Crippen molar-refractivity contribution in [1.82, 2.24) is 15.3 Å². The minimum absolute atomic E-state index is 0.185. The summed E-state index contributed by atoms with van der Waals surface area (Å²) >= 11 is 0. The Morgan fingerprint density at radius 3 is 2.82 bits per heavy atom. The van der Waals surface area contributed by atoms with Crippen LogP contribution in [0.1, 0.15) is 11.3 Å². The molecule has 1 atom stereocenters. The molecule has 0 saturated carbocycles. The fraction of sp³-hybridized carbons (Fsp3) is 0.231. The maximum atomic E-state index is 11.0. The lowest BCUT2D eigenvalue weighted by Gasteiger charge is -2.11. The van der Waals surface area contributed by atoms with Crippen molar-refractivity contribution >= 4 is 6.29 Å². The molecular weight excluding hydrogens is 214 g/mol. The average molecular weight is 229 g/mol. The van der Waals surface area contributed by atoms with Gasteiger partial charge < -0.3 is 15.1 Å². The zero-order valence-corrected chi connectivity index (χ0v) is 9.47. The highest BCUT2D eigenvalue weighted by Gasteiger charge is 2.08. The number of carbonyl (C=O) groups is 1. The van der Waals surface area contributed by atoms with Crippen LogP contribution in [0, 0.1) is 0 Å². The zero-order valence-electron chi connectivity index (χ0n) is 9.47. The SMILES string of the molecule is O=C[C@H](Cc1cnc[nH]1)NCc1ccccc1. The summed E-state index contributed by atoms with van der Waals surface area (Å²) < 4.78 is 0. The van der Waals surface area contributed by atoms with Crippen molar-refractivity contribution in [2.24, 2.45) is 0 Å². The van der Waals surface area contributed by atoms with Crippen LogP contribution in [0.3, 0.4) is 0 Å². The molecule has 1 aromatic carbocycles. The lowest BCUT2D eigenvalue weighted by Crippen LogP contribution is -2.32. The van der Waals surface area contributed by atoms with Gasteiger partial charge in [-0.1, -0.05) is 30.3 Å². The number of hydrogen-bond donors (Lipinski definition) is 2. The summed E-state index contributed by atoms with van der Waals surface area (Å²) in [6, 6.07) is 9.83. The lowest BCUT2D eigenvalue weighted by molar-refractivity contribution is -0.109. The van der Waals surface area contributed by atoms with E-state index in [-0.39, 0.29) is 6.04 Å². The first-order chi connectivity index (χ1) is 8.38. The maximum absolute atomic E-state index is 11.0. The predicted octanol–water partition coefficient (Wildman–Crippen LogP) is 1.31. The number of rotatable bonds is 6. The number of aldehydes is 1. The molecule has 0 fully saturated rings. The van der Waals surface area contributed by atoms with Crippen molar-refractivity contribution in [3.8, 4) is 0 Å². The second kappa shape index (κ2) is 5.96. The summed E-state index contributed by atoms with van der Waals surface area (Å²) in [7, 11) is 0. The molecule has 4 heteroatoms. The predicted molar refractivity (Wildman–Crippen MR) is 65.4 cm³/mol. The Hall–Kier alpha value is -1.94. The third-order valence-corrected chi connectivity index (χ3v) is 2.57. The average Bonchev–Trinajstić information content (AvgIpc) is 2.88. The second-order valence-corrected chi connectivity index (χ2v) is 3.89. The van der Waals surface area contributed by atoms with Crippen LogP contribution >= 0.6 is 0 Å². The van der Waals surface area contributed by atoms with E-state index in [0.717, 1.165) is 12.0 Å². The molecule has 1 aromatic heterocycles. The van der Waals surface area contributed by atoms with Gasteiger partial charge in [-0.25, -0.2) is 4.98 Å². The molecule has 2 rings (SSSR count). The smallest absolute Gasteiger partial charge is 0.137 e. The maximum Gasteiger partial charge on any atom is 0.137 e. The molecule has 0 bridgehead atoms. The van der Waals surface area contributed by atoms with Crippen LogP contribution in [0.5, 0.6) is 0 Å². The van der Waals surface area contributed by atoms with Crippen molar-refractivity contribution in [3.63, 3.8) is 0 Å². The summed E-state index contributed by atoms with van der Waals surface area (Å²) in [4.78, 5) is 17.9. The summed E-state index contributed by atoms with van der Waals surface area (Å²) in [5.74, 6) is 0. The number of benzene rings is 1. The Morgan fingerprint density at radius 1 is 1.35 bits per heavy atom. The zero-order chi connectivity index (χ0) is 11.9. The number of hydrogen-bond acceptors (Lipinski definition) is 3. The van der Waals surface area contributed by atoms with Crippen LogP contribution in [-0.4, -0.2) is 22.3 Å². The molecule has 0 unspecified atom stereocenters. The first-order valence-electron chi connectivity index (χ1n) is 5.58. The van der Waals surface area contributed by atoms with Crippen LogP contribution in [0.2, 0.25) is 0 Å². The molecular formula is C13H15N3O. The van der Waals surface area contributed by atoms with E-state index in [0.29, 0.717) is 13.0 Å². The highest BCUT2D eigenvalue weighted by molar-refractivity contribution is 5.58. The Labute approximate surface area is 100 Å². The lowest BCUT2D eigenvalue weighted by atomic mass is 10.1. The van der Waals surface area contributed by atoms with Crippen LogP contribution in [0.4, 0.5) is 0 Å². The van der Waals surface area contributed by atoms with Gasteiger partial charge >= 0.3 is 0 Å². The van der Waals surface area contributed by atoms with E-state index in [2.05, 4.69) is 15.3 Å². The number of nitrogens with zero attached hydrogens (tertiary/aromatic N) is 1. The normalized spacial score (nSPS) is 12.2. The molecule has 0 aliphatic rings. The van der Waals surface area contributed by atoms with Crippen molar-refractivity contribution in [2.45, 2.75) is 19.0 Å². The van der Waals surface area contributed by atoms with E-state index < -0.39 is 0 Å². The molecule has 0 aliphatic carbocycles. The molecule has 0 amide bonds. The summed E-state index contributed by atoms with van der Waals surface area (Å²) in [5, 5.41) is 3.21. The van der Waals surface area contributed by atoms with Crippen LogP contribution < -0.4 is 5.32 Å². The number of aromatic amines is 1. The van der Waals surface area contributed by atoms with Gasteiger partial charge in [-0.2, -0.15) is 0 Å². The van der Waals surface area contributed by atoms with E-state index in [9.17, 15) is 4.79 Å². The highest BCUT2D eigenvalue weighted by atomic mass is 16.1. The van der Waals surface area contributed by atoms with Crippen molar-refractivity contribution < 1.29 is 4.79 Å². The minimum Gasteiger partial charge on any atom is -0.348 e. The number of H-pyrrole nitrogens is 1. The van der Waals surface area contributed by atoms with E-state index in [1.54, 1.807) is 12.5 Å². The van der Waals surface area contributed by atoms with E-state index in [1.807, 2.05) is 30.3 Å². The highest BCUT2D eigenvalue weighted by Crippen LogP contribution is 2.00. The number of aromatic nitrogens is 2. The van der Waals surface area contributed by atoms with Crippen molar-refractivity contribution in [1.29, 1.82) is 0 Å². The van der Waals surface area contributed by atoms with Gasteiger partial charge in [0.1, 0.15) is 6.29 Å². The van der Waals surface area contributed by atoms with Gasteiger partial charge in [-0.05, 0) is 5.56 Å². The van der Waals surface area contributed by atoms with Crippen LogP contribution in [0.25, 0.3) is 0 Å². The molecule has 0 radical (unpaired) electrons. The Kier molecular flexibility index (Phi) is 4.05. The van der Waals surface area contributed by atoms with Gasteiger partial charge in [-0.15, -0.1) is 0 Å². The quantitative estimate of drug-likeness (QED) is 0.734. The first-order valence-corrected chi connectivity index (χ1v) is 5.58. The van der Waals surface area contributed by atoms with Gasteiger partial charge in [-0.3, -0.25) is 0 Å². The molecule has 2 aromatic rings. The minimum atomic E-state index is -0.185. The molecule has 4 nitrogen and oxygen atoms in total. The van der Waals surface area contributed by atoms with Crippen molar-refractivity contribution in [2.75, 3.05) is 0 Å². The monoisotopic (exact) mass is 229 g/mol. The van der Waals surface area contributed by atoms with Gasteiger partial charge in [0.25, 0.3) is 0 Å². The third kappa shape index (κ3) is 3.53. The molecule has 1 heterocycles. The summed E-state index contributed by atoms with van der Waals surface area (Å²) in [5.41, 5.74) is 2.13. The second-order valence-electron chi connectivity index (χ2n) is 3.89. The number of nitrogens with one attached hydrogen (secondary N) is 2. The number of carbonyl (C=O) groups excluding carboxylic acids is 1. The molecule has 2 N–H and O–H groups in total. The Bertz CT molecular complexity index is 439. The van der Waals surface area contributed by atoms with Gasteiger partial charge in [0.2, 0.25) is 0 Å².